The van der Waals surface area contributed by atoms with Crippen molar-refractivity contribution in [1.82, 2.24) is 5.32 Å². The minimum atomic E-state index is -1.43. The summed E-state index contributed by atoms with van der Waals surface area (Å²) < 4.78 is 38.1. The fourth-order valence-electron chi connectivity index (χ4n) is 15.9. The molecule has 432 valence electrons. The first-order chi connectivity index (χ1) is 35.6. The van der Waals surface area contributed by atoms with E-state index >= 15 is 0 Å². The van der Waals surface area contributed by atoms with E-state index in [1.54, 1.807) is 0 Å². The molecule has 21 heteroatoms. The number of amides is 1. The Bertz CT molecular complexity index is 1900. The van der Waals surface area contributed by atoms with Crippen molar-refractivity contribution in [3.63, 3.8) is 0 Å². The molecule has 75 heavy (non-hydrogen) atoms. The van der Waals surface area contributed by atoms with Crippen LogP contribution in [0.25, 0.3) is 0 Å². The van der Waals surface area contributed by atoms with Crippen LogP contribution in [0.3, 0.4) is 0 Å². The summed E-state index contributed by atoms with van der Waals surface area (Å²) in [5.41, 5.74) is 26.5. The number of aliphatic hydroxyl groups is 6. The third-order valence-electron chi connectivity index (χ3n) is 20.5. The zero-order chi connectivity index (χ0) is 54.3. The molecule has 6 aliphatic carbocycles. The predicted octanol–water partition coefficient (Wildman–Crippen LogP) is -3.66. The molecule has 0 aromatic heterocycles. The number of quaternary nitrogens is 6. The van der Waals surface area contributed by atoms with Crippen molar-refractivity contribution in [1.29, 1.82) is 0 Å². The molecular formula is C54H103N7O13S+6. The van der Waals surface area contributed by atoms with Crippen LogP contribution >= 0.6 is 11.8 Å². The van der Waals surface area contributed by atoms with Crippen LogP contribution in [-0.2, 0) is 28.4 Å². The number of alkyl carbamates (subject to hydrolysis) is 1. The van der Waals surface area contributed by atoms with E-state index in [0.717, 1.165) is 55.3 Å². The number of allylic oxidation sites excluding steroid dienone is 1. The molecular weight excluding hydrogens is 987 g/mol. The maximum atomic E-state index is 13.3. The number of aliphatic hydroxyl groups excluding tert-OH is 6. The molecule has 0 aromatic rings. The summed E-state index contributed by atoms with van der Waals surface area (Å²) in [6.45, 7) is 13.2. The zero-order valence-corrected chi connectivity index (χ0v) is 46.8. The maximum Gasteiger partial charge on any atom is 0.407 e. The fraction of sp³-hybridized carbons (Fsp3) is 0.944. The van der Waals surface area contributed by atoms with Crippen LogP contribution in [0.15, 0.2) is 11.6 Å². The normalized spacial score (nSPS) is 48.4. The van der Waals surface area contributed by atoms with Gasteiger partial charge in [0, 0.05) is 30.4 Å². The number of carbonyl (C=O) groups excluding carboxylic acids is 1. The van der Waals surface area contributed by atoms with Crippen LogP contribution in [-0.4, -0.2) is 184 Å². The van der Waals surface area contributed by atoms with Gasteiger partial charge in [-0.1, -0.05) is 65.5 Å². The highest BCUT2D eigenvalue weighted by Crippen LogP contribution is 2.67. The molecule has 25 N–H and O–H groups in total. The van der Waals surface area contributed by atoms with Crippen molar-refractivity contribution in [2.45, 2.75) is 234 Å². The Morgan fingerprint density at radius 2 is 1.48 bits per heavy atom. The van der Waals surface area contributed by atoms with E-state index in [4.69, 9.17) is 28.4 Å². The number of rotatable bonds is 19. The van der Waals surface area contributed by atoms with Crippen LogP contribution in [0.5, 0.6) is 0 Å². The molecule has 27 atom stereocenters. The summed E-state index contributed by atoms with van der Waals surface area (Å²) in [5.74, 6) is 5.06. The van der Waals surface area contributed by atoms with Crippen molar-refractivity contribution in [3.05, 3.63) is 11.6 Å². The second-order valence-corrected chi connectivity index (χ2v) is 26.7. The van der Waals surface area contributed by atoms with E-state index < -0.39 is 116 Å². The Labute approximate surface area is 449 Å². The number of hydrogen-bond acceptors (Lipinski definition) is 14. The Hall–Kier alpha value is -1.32. The monoisotopic (exact) mass is 1090 g/mol. The largest absolute Gasteiger partial charge is 0.446 e. The number of nitrogens with one attached hydrogen (secondary N) is 1. The summed E-state index contributed by atoms with van der Waals surface area (Å²) in [7, 11) is 0. The Balaban J connectivity index is 0.859. The van der Waals surface area contributed by atoms with E-state index in [1.807, 2.05) is 0 Å². The third-order valence-corrected chi connectivity index (χ3v) is 21.6. The van der Waals surface area contributed by atoms with Gasteiger partial charge in [0.25, 0.3) is 0 Å². The van der Waals surface area contributed by atoms with Crippen molar-refractivity contribution in [2.24, 2.45) is 52.3 Å². The van der Waals surface area contributed by atoms with Crippen LogP contribution in [0.4, 0.5) is 4.79 Å². The van der Waals surface area contributed by atoms with Crippen LogP contribution < -0.4 is 39.7 Å². The Morgan fingerprint density at radius 3 is 2.20 bits per heavy atom. The van der Waals surface area contributed by atoms with Gasteiger partial charge in [0.1, 0.15) is 91.8 Å². The second-order valence-electron chi connectivity index (χ2n) is 25.6. The van der Waals surface area contributed by atoms with Gasteiger partial charge >= 0.3 is 6.09 Å². The van der Waals surface area contributed by atoms with E-state index in [1.165, 1.54) is 62.3 Å². The van der Waals surface area contributed by atoms with Gasteiger partial charge in [-0.3, -0.25) is 0 Å². The molecule has 20 nitrogen and oxygen atoms in total. The first-order valence-electron chi connectivity index (χ1n) is 29.1. The standard InChI is InChI=1S/C54H97N7O13S/c1-25(2)7-6-8-26(3)31-11-12-32-30-10-9-28-20-29(13-15-53(28,4)33(30)14-16-54(31,32)5)69-52(68)61-17-18-75-24-38-48(73-50-40(60)45(66)43(64)37(23-56)71-50)46(67)51(72-38)74-49-42(63)34(57)21-35(58)47(49)70-36-19-27(22-55)41(62)44(65)39(36)59/h9,25-27,29-51,62-67H,6-8,10-24,55-60H2,1-5H3,(H,61,68)/p+6/t26?,27?,29?,30?,31?,32?,33?,34-,35?,36-,37?,38-,39?,40-,41+,42?,43-,44-,45?,46?,47+,48+,49-,50-,51+,53?,54?/m1/s1. The molecule has 1 amide bonds. The first kappa shape index (κ1) is 59.8. The molecule has 2 saturated heterocycles. The topological polar surface area (TPSA) is 372 Å². The maximum absolute atomic E-state index is 13.3. The summed E-state index contributed by atoms with van der Waals surface area (Å²) in [6, 6.07) is -2.52. The highest BCUT2D eigenvalue weighted by Gasteiger charge is 2.60. The smallest absolute Gasteiger partial charge is 0.407 e. The summed E-state index contributed by atoms with van der Waals surface area (Å²) in [6.07, 6.45) is 0.983. The van der Waals surface area contributed by atoms with E-state index in [2.05, 4.69) is 80.4 Å². The minimum absolute atomic E-state index is 0.145. The lowest BCUT2D eigenvalue weighted by Crippen LogP contribution is -2.83. The van der Waals surface area contributed by atoms with Crippen LogP contribution in [0.2, 0.25) is 0 Å². The molecule has 0 spiro atoms. The molecule has 5 saturated carbocycles. The van der Waals surface area contributed by atoms with Gasteiger partial charge < -0.3 is 98.8 Å². The van der Waals surface area contributed by atoms with Gasteiger partial charge in [0.05, 0.1) is 25.2 Å². The minimum Gasteiger partial charge on any atom is -0.446 e. The van der Waals surface area contributed by atoms with Crippen molar-refractivity contribution >= 4 is 17.9 Å². The lowest BCUT2D eigenvalue weighted by atomic mass is 9.47. The van der Waals surface area contributed by atoms with E-state index in [9.17, 15) is 35.4 Å². The van der Waals surface area contributed by atoms with E-state index in [-0.39, 0.29) is 29.7 Å². The average Bonchev–Trinajstić information content (AvgIpc) is 3.91. The van der Waals surface area contributed by atoms with Gasteiger partial charge in [0.2, 0.25) is 6.29 Å². The molecule has 8 rings (SSSR count). The van der Waals surface area contributed by atoms with Crippen molar-refractivity contribution in [3.8, 4) is 0 Å². The lowest BCUT2D eigenvalue weighted by molar-refractivity contribution is -0.520. The van der Waals surface area contributed by atoms with Crippen LogP contribution in [0, 0.1) is 52.3 Å². The van der Waals surface area contributed by atoms with Gasteiger partial charge in [0.15, 0.2) is 12.3 Å². The number of carbonyl (C=O) groups is 1. The molecule has 7 fully saturated rings. The number of ether oxygens (including phenoxy) is 6. The molecule has 0 radical (unpaired) electrons. The summed E-state index contributed by atoms with van der Waals surface area (Å²) in [4.78, 5) is 13.3. The van der Waals surface area contributed by atoms with Gasteiger partial charge in [-0.25, -0.2) is 4.79 Å². The van der Waals surface area contributed by atoms with Crippen LogP contribution in [0.1, 0.15) is 118 Å². The number of fused-ring (bicyclic) bond motifs is 5. The lowest BCUT2D eigenvalue weighted by Gasteiger charge is -2.58. The summed E-state index contributed by atoms with van der Waals surface area (Å²) in [5, 5.41) is 69.7. The molecule has 2 heterocycles. The van der Waals surface area contributed by atoms with Crippen molar-refractivity contribution < 1.29 is 98.3 Å². The molecule has 15 unspecified atom stereocenters. The van der Waals surface area contributed by atoms with E-state index in [0.29, 0.717) is 43.0 Å². The fourth-order valence-corrected chi connectivity index (χ4v) is 16.8. The SMILES string of the molecule is CC(C)CCCC(C)C1CCC2C3CC=C4CC(OC(=O)NCCSC[C@H]5O[C@@H](O[C@@H]6C(O)[C@H]([NH3+])CC([NH3+])[C@@H]6O[C@@H]6CC(C[NH3+])[C@H](O)[C@H](O)C6[NH3+])C(O)[C@H]5O[C@H]5OC(C[NH3+])[C@@H](O)C(O)[C@H]5[NH3+])CCC4(C)C3CCC12C. The molecule has 8 aliphatic rings. The Kier molecular flexibility index (Phi) is 20.1. The first-order valence-corrected chi connectivity index (χ1v) is 30.2. The van der Waals surface area contributed by atoms with Gasteiger partial charge in [-0.2, -0.15) is 11.8 Å². The molecule has 0 aromatic carbocycles. The zero-order valence-electron chi connectivity index (χ0n) is 46.0. The molecule has 0 bridgehead atoms. The molecule has 2 aliphatic heterocycles. The second kappa shape index (κ2) is 25.2. The van der Waals surface area contributed by atoms with Gasteiger partial charge in [-0.05, 0) is 97.7 Å². The average molecular weight is 1090 g/mol. The highest BCUT2D eigenvalue weighted by atomic mass is 32.2. The third kappa shape index (κ3) is 12.5. The summed E-state index contributed by atoms with van der Waals surface area (Å²) >= 11 is 1.47. The number of thioether (sulfide) groups is 1. The van der Waals surface area contributed by atoms with Crippen molar-refractivity contribution in [2.75, 3.05) is 31.1 Å². The quantitative estimate of drug-likeness (QED) is 0.0439. The highest BCUT2D eigenvalue weighted by molar-refractivity contribution is 7.99. The van der Waals surface area contributed by atoms with Gasteiger partial charge in [-0.15, -0.1) is 0 Å². The Morgan fingerprint density at radius 1 is 0.760 bits per heavy atom. The number of hydrogen-bond donors (Lipinski definition) is 13. The predicted molar refractivity (Wildman–Crippen MR) is 275 cm³/mol.